The molecule has 1 heterocycles. The van der Waals surface area contributed by atoms with Crippen LogP contribution in [-0.4, -0.2) is 37.0 Å². The number of nitrogens with zero attached hydrogens (tertiary/aromatic N) is 1. The number of aryl methyl sites for hydroxylation is 1. The maximum absolute atomic E-state index is 11.9. The van der Waals surface area contributed by atoms with Crippen LogP contribution in [0.1, 0.15) is 31.5 Å². The van der Waals surface area contributed by atoms with E-state index in [0.717, 1.165) is 24.2 Å². The molecule has 1 aromatic rings. The molecule has 1 aromatic heterocycles. The van der Waals surface area contributed by atoms with Crippen molar-refractivity contribution >= 4 is 10.0 Å². The SMILES string of the molecule is CCCNCC(C)S(=O)(=O)NCc1cn[nH]c1C. The van der Waals surface area contributed by atoms with Crippen molar-refractivity contribution in [2.24, 2.45) is 0 Å². The minimum Gasteiger partial charge on any atom is -0.315 e. The van der Waals surface area contributed by atoms with E-state index >= 15 is 0 Å². The Morgan fingerprint density at radius 1 is 1.50 bits per heavy atom. The summed E-state index contributed by atoms with van der Waals surface area (Å²) < 4.78 is 26.5. The molecule has 1 rings (SSSR count). The molecule has 0 amide bonds. The highest BCUT2D eigenvalue weighted by atomic mass is 32.2. The fourth-order valence-corrected chi connectivity index (χ4v) is 2.44. The highest BCUT2D eigenvalue weighted by molar-refractivity contribution is 7.90. The zero-order valence-corrected chi connectivity index (χ0v) is 12.0. The molecule has 0 aliphatic heterocycles. The summed E-state index contributed by atoms with van der Waals surface area (Å²) in [4.78, 5) is 0. The monoisotopic (exact) mass is 274 g/mol. The highest BCUT2D eigenvalue weighted by Gasteiger charge is 2.20. The molecule has 1 atom stereocenters. The minimum absolute atomic E-state index is 0.281. The average molecular weight is 274 g/mol. The van der Waals surface area contributed by atoms with Gasteiger partial charge in [-0.15, -0.1) is 0 Å². The molecule has 0 fully saturated rings. The van der Waals surface area contributed by atoms with Crippen LogP contribution in [0, 0.1) is 6.92 Å². The molecule has 6 nitrogen and oxygen atoms in total. The molecular weight excluding hydrogens is 252 g/mol. The van der Waals surface area contributed by atoms with E-state index in [1.165, 1.54) is 0 Å². The van der Waals surface area contributed by atoms with Crippen LogP contribution in [0.3, 0.4) is 0 Å². The van der Waals surface area contributed by atoms with Gasteiger partial charge in [0.2, 0.25) is 10.0 Å². The lowest BCUT2D eigenvalue weighted by atomic mass is 10.3. The van der Waals surface area contributed by atoms with Gasteiger partial charge in [-0.05, 0) is 26.8 Å². The fourth-order valence-electron chi connectivity index (χ4n) is 1.47. The molecule has 0 aromatic carbocycles. The van der Waals surface area contributed by atoms with Gasteiger partial charge >= 0.3 is 0 Å². The molecule has 104 valence electrons. The third-order valence-electron chi connectivity index (χ3n) is 2.79. The third kappa shape index (κ3) is 4.40. The van der Waals surface area contributed by atoms with Crippen molar-refractivity contribution in [2.75, 3.05) is 13.1 Å². The number of nitrogens with one attached hydrogen (secondary N) is 3. The molecule has 1 unspecified atom stereocenters. The van der Waals surface area contributed by atoms with Crippen LogP contribution in [0.4, 0.5) is 0 Å². The second kappa shape index (κ2) is 6.86. The molecule has 18 heavy (non-hydrogen) atoms. The van der Waals surface area contributed by atoms with Crippen molar-refractivity contribution in [2.45, 2.75) is 39.0 Å². The summed E-state index contributed by atoms with van der Waals surface area (Å²) in [6, 6.07) is 0. The van der Waals surface area contributed by atoms with Gasteiger partial charge < -0.3 is 5.32 Å². The number of aromatic nitrogens is 2. The van der Waals surface area contributed by atoms with Gasteiger partial charge in [0, 0.05) is 24.3 Å². The second-order valence-electron chi connectivity index (χ2n) is 4.40. The predicted molar refractivity (Wildman–Crippen MR) is 71.7 cm³/mol. The Bertz CT molecular complexity index is 455. The third-order valence-corrected chi connectivity index (χ3v) is 4.56. The summed E-state index contributed by atoms with van der Waals surface area (Å²) in [5.41, 5.74) is 1.75. The van der Waals surface area contributed by atoms with Crippen LogP contribution in [0.25, 0.3) is 0 Å². The van der Waals surface area contributed by atoms with Crippen molar-refractivity contribution in [3.63, 3.8) is 0 Å². The first-order valence-corrected chi connectivity index (χ1v) is 7.70. The van der Waals surface area contributed by atoms with Crippen molar-refractivity contribution in [1.29, 1.82) is 0 Å². The molecule has 0 spiro atoms. The Balaban J connectivity index is 2.46. The number of hydrogen-bond donors (Lipinski definition) is 3. The summed E-state index contributed by atoms with van der Waals surface area (Å²) in [5.74, 6) is 0. The van der Waals surface area contributed by atoms with Crippen LogP contribution in [0.15, 0.2) is 6.20 Å². The van der Waals surface area contributed by atoms with Gasteiger partial charge in [-0.25, -0.2) is 13.1 Å². The molecule has 0 bridgehead atoms. The summed E-state index contributed by atoms with van der Waals surface area (Å²) in [6.07, 6.45) is 2.63. The van der Waals surface area contributed by atoms with E-state index in [-0.39, 0.29) is 6.54 Å². The number of H-pyrrole nitrogens is 1. The molecule has 0 saturated heterocycles. The van der Waals surface area contributed by atoms with Gasteiger partial charge in [0.15, 0.2) is 0 Å². The van der Waals surface area contributed by atoms with E-state index in [4.69, 9.17) is 0 Å². The molecule has 7 heteroatoms. The number of sulfonamides is 1. The van der Waals surface area contributed by atoms with Crippen molar-refractivity contribution in [3.05, 3.63) is 17.5 Å². The largest absolute Gasteiger partial charge is 0.315 e. The standard InChI is InChI=1S/C11H22N4O2S/c1-4-5-12-6-9(2)18(16,17)14-8-11-7-13-15-10(11)3/h7,9,12,14H,4-6,8H2,1-3H3,(H,13,15). The lowest BCUT2D eigenvalue weighted by Crippen LogP contribution is -2.38. The van der Waals surface area contributed by atoms with Crippen LogP contribution in [-0.2, 0) is 16.6 Å². The zero-order chi connectivity index (χ0) is 13.6. The smallest absolute Gasteiger partial charge is 0.215 e. The fraction of sp³-hybridized carbons (Fsp3) is 0.727. The Morgan fingerprint density at radius 3 is 2.78 bits per heavy atom. The van der Waals surface area contributed by atoms with E-state index in [1.807, 2.05) is 13.8 Å². The van der Waals surface area contributed by atoms with Crippen molar-refractivity contribution < 1.29 is 8.42 Å². The Morgan fingerprint density at radius 2 is 2.22 bits per heavy atom. The van der Waals surface area contributed by atoms with Crippen LogP contribution < -0.4 is 10.0 Å². The summed E-state index contributed by atoms with van der Waals surface area (Å²) >= 11 is 0. The van der Waals surface area contributed by atoms with Crippen LogP contribution >= 0.6 is 0 Å². The van der Waals surface area contributed by atoms with E-state index in [0.29, 0.717) is 6.54 Å². The normalized spacial score (nSPS) is 13.7. The molecule has 0 saturated carbocycles. The molecule has 0 radical (unpaired) electrons. The molecule has 0 aliphatic rings. The topological polar surface area (TPSA) is 86.9 Å². The summed E-state index contributed by atoms with van der Waals surface area (Å²) in [7, 11) is -3.29. The van der Waals surface area contributed by atoms with Crippen LogP contribution in [0.5, 0.6) is 0 Å². The lowest BCUT2D eigenvalue weighted by molar-refractivity contribution is 0.556. The molecule has 3 N–H and O–H groups in total. The van der Waals surface area contributed by atoms with E-state index < -0.39 is 15.3 Å². The van der Waals surface area contributed by atoms with E-state index in [2.05, 4.69) is 20.2 Å². The van der Waals surface area contributed by atoms with Gasteiger partial charge in [0.25, 0.3) is 0 Å². The Kier molecular flexibility index (Phi) is 5.77. The van der Waals surface area contributed by atoms with Crippen LogP contribution in [0.2, 0.25) is 0 Å². The first kappa shape index (κ1) is 15.1. The number of hydrogen-bond acceptors (Lipinski definition) is 4. The number of aromatic amines is 1. The van der Waals surface area contributed by atoms with Gasteiger partial charge in [0.1, 0.15) is 0 Å². The van der Waals surface area contributed by atoms with Gasteiger partial charge in [-0.2, -0.15) is 5.10 Å². The number of rotatable bonds is 8. The van der Waals surface area contributed by atoms with Gasteiger partial charge in [-0.3, -0.25) is 5.10 Å². The summed E-state index contributed by atoms with van der Waals surface area (Å²) in [5, 5.41) is 9.29. The predicted octanol–water partition coefficient (Wildman–Crippen LogP) is 0.526. The Hall–Kier alpha value is -0.920. The maximum atomic E-state index is 11.9. The maximum Gasteiger partial charge on any atom is 0.215 e. The van der Waals surface area contributed by atoms with Crippen molar-refractivity contribution in [3.8, 4) is 0 Å². The highest BCUT2D eigenvalue weighted by Crippen LogP contribution is 2.04. The first-order valence-electron chi connectivity index (χ1n) is 6.15. The second-order valence-corrected chi connectivity index (χ2v) is 6.58. The van der Waals surface area contributed by atoms with Gasteiger partial charge in [-0.1, -0.05) is 6.92 Å². The summed E-state index contributed by atoms with van der Waals surface area (Å²) in [6.45, 7) is 7.19. The van der Waals surface area contributed by atoms with Gasteiger partial charge in [0.05, 0.1) is 11.4 Å². The molecule has 0 aliphatic carbocycles. The first-order chi connectivity index (χ1) is 8.47. The van der Waals surface area contributed by atoms with E-state index in [9.17, 15) is 8.42 Å². The Labute approximate surface area is 109 Å². The van der Waals surface area contributed by atoms with Crippen molar-refractivity contribution in [1.82, 2.24) is 20.2 Å². The average Bonchev–Trinajstić information content (AvgIpc) is 2.72. The minimum atomic E-state index is -3.29. The quantitative estimate of drug-likeness (QED) is 0.603. The molecular formula is C11H22N4O2S. The zero-order valence-electron chi connectivity index (χ0n) is 11.2. The lowest BCUT2D eigenvalue weighted by Gasteiger charge is -2.14. The van der Waals surface area contributed by atoms with E-state index in [1.54, 1.807) is 13.1 Å².